The van der Waals surface area contributed by atoms with Gasteiger partial charge in [0.15, 0.2) is 0 Å². The minimum atomic E-state index is -0.637. The van der Waals surface area contributed by atoms with Crippen LogP contribution in [-0.4, -0.2) is 36.4 Å². The fourth-order valence-corrected chi connectivity index (χ4v) is 4.63. The highest BCUT2D eigenvalue weighted by Gasteiger charge is 2.58. The molecule has 140 valence electrons. The van der Waals surface area contributed by atoms with Crippen molar-refractivity contribution in [1.29, 1.82) is 10.7 Å². The van der Waals surface area contributed by atoms with Gasteiger partial charge in [-0.3, -0.25) is 4.79 Å². The topological polar surface area (TPSA) is 100 Å². The Morgan fingerprint density at radius 1 is 1.52 bits per heavy atom. The van der Waals surface area contributed by atoms with Gasteiger partial charge in [0.2, 0.25) is 5.91 Å². The number of benzene rings is 1. The molecule has 1 amide bonds. The van der Waals surface area contributed by atoms with Gasteiger partial charge in [-0.15, -0.1) is 0 Å². The summed E-state index contributed by atoms with van der Waals surface area (Å²) in [5.41, 5.74) is 2.61. The average Bonchev–Trinajstić information content (AvgIpc) is 2.86. The number of aliphatic hydroxyl groups excluding tert-OH is 1. The number of nitrogens with one attached hydrogen (secondary N) is 2. The quantitative estimate of drug-likeness (QED) is 0.697. The fraction of sp³-hybridized carbons (Fsp3) is 0.476. The number of aliphatic hydroxyl groups is 1. The molecular formula is C21H24N4O2. The smallest absolute Gasteiger partial charge is 0.238 e. The van der Waals surface area contributed by atoms with Crippen molar-refractivity contribution in [2.45, 2.75) is 38.2 Å². The summed E-state index contributed by atoms with van der Waals surface area (Å²) >= 11 is 0. The summed E-state index contributed by atoms with van der Waals surface area (Å²) in [4.78, 5) is 15.1. The normalized spacial score (nSPS) is 29.2. The van der Waals surface area contributed by atoms with Crippen LogP contribution in [0.15, 0.2) is 35.5 Å². The first kappa shape index (κ1) is 17.7. The largest absolute Gasteiger partial charge is 0.393 e. The molecule has 1 fully saturated rings. The van der Waals surface area contributed by atoms with Crippen molar-refractivity contribution in [1.82, 2.24) is 5.32 Å². The SMILES string of the molecule is CC(C#N)[C@@](C)(C=N)C1=C(CN2C(=O)C3(CC(O)C3)c3ccccc32)NC1. The standard InChI is InChI=1S/C21H24N4O2/c1-13(9-22)20(2,12-23)16-10-24-17(16)11-25-18-6-4-3-5-15(18)21(19(25)27)7-14(26)8-21/h3-6,12-14,23-24,26H,7-8,10-11H2,1-2H3/t13?,14?,20-,21?/m1/s1. The fourth-order valence-electron chi connectivity index (χ4n) is 4.63. The molecule has 0 radical (unpaired) electrons. The van der Waals surface area contributed by atoms with Crippen LogP contribution in [0, 0.1) is 28.1 Å². The second kappa shape index (κ2) is 5.93. The molecule has 2 atom stereocenters. The summed E-state index contributed by atoms with van der Waals surface area (Å²) in [5, 5.41) is 30.4. The highest BCUT2D eigenvalue weighted by molar-refractivity contribution is 6.09. The third-order valence-corrected chi connectivity index (χ3v) is 6.74. The first-order valence-electron chi connectivity index (χ1n) is 9.34. The Labute approximate surface area is 159 Å². The Kier molecular flexibility index (Phi) is 3.90. The lowest BCUT2D eigenvalue weighted by Crippen LogP contribution is -2.53. The predicted molar refractivity (Wildman–Crippen MR) is 102 cm³/mol. The Morgan fingerprint density at radius 3 is 2.78 bits per heavy atom. The number of nitrogens with zero attached hydrogens (tertiary/aromatic N) is 2. The zero-order valence-electron chi connectivity index (χ0n) is 15.6. The van der Waals surface area contributed by atoms with Crippen molar-refractivity contribution < 1.29 is 9.90 Å². The number of amides is 1. The van der Waals surface area contributed by atoms with Crippen LogP contribution >= 0.6 is 0 Å². The first-order valence-corrected chi connectivity index (χ1v) is 9.34. The Hall–Kier alpha value is -2.65. The molecule has 1 unspecified atom stereocenters. The van der Waals surface area contributed by atoms with Gasteiger partial charge in [0.25, 0.3) is 0 Å². The molecule has 3 aliphatic rings. The van der Waals surface area contributed by atoms with E-state index in [0.29, 0.717) is 25.9 Å². The van der Waals surface area contributed by atoms with Gasteiger partial charge in [-0.2, -0.15) is 5.26 Å². The number of anilines is 1. The van der Waals surface area contributed by atoms with Crippen molar-refractivity contribution in [3.8, 4) is 6.07 Å². The van der Waals surface area contributed by atoms with E-state index < -0.39 is 16.9 Å². The van der Waals surface area contributed by atoms with Crippen LogP contribution in [0.4, 0.5) is 5.69 Å². The molecule has 4 rings (SSSR count). The van der Waals surface area contributed by atoms with Gasteiger partial charge in [0.1, 0.15) is 0 Å². The number of hydrogen-bond acceptors (Lipinski definition) is 5. The van der Waals surface area contributed by atoms with E-state index >= 15 is 0 Å². The van der Waals surface area contributed by atoms with Crippen LogP contribution < -0.4 is 10.2 Å². The van der Waals surface area contributed by atoms with Crippen molar-refractivity contribution in [2.75, 3.05) is 18.0 Å². The number of fused-ring (bicyclic) bond motifs is 2. The van der Waals surface area contributed by atoms with Crippen molar-refractivity contribution in [3.63, 3.8) is 0 Å². The molecule has 6 nitrogen and oxygen atoms in total. The third kappa shape index (κ3) is 2.28. The van der Waals surface area contributed by atoms with Crippen molar-refractivity contribution >= 4 is 17.8 Å². The molecule has 27 heavy (non-hydrogen) atoms. The second-order valence-electron chi connectivity index (χ2n) is 8.14. The monoisotopic (exact) mass is 364 g/mol. The number of nitriles is 1. The van der Waals surface area contributed by atoms with Crippen LogP contribution in [0.2, 0.25) is 0 Å². The van der Waals surface area contributed by atoms with E-state index in [-0.39, 0.29) is 11.8 Å². The Morgan fingerprint density at radius 2 is 2.22 bits per heavy atom. The maximum Gasteiger partial charge on any atom is 0.238 e. The average molecular weight is 364 g/mol. The van der Waals surface area contributed by atoms with Gasteiger partial charge in [-0.05, 0) is 43.9 Å². The van der Waals surface area contributed by atoms with Crippen molar-refractivity contribution in [3.05, 3.63) is 41.1 Å². The van der Waals surface area contributed by atoms with Gasteiger partial charge < -0.3 is 20.7 Å². The van der Waals surface area contributed by atoms with E-state index in [1.54, 1.807) is 4.90 Å². The van der Waals surface area contributed by atoms with Gasteiger partial charge in [0.05, 0.1) is 30.1 Å². The minimum absolute atomic E-state index is 0.0411. The lowest BCUT2D eigenvalue weighted by Gasteiger charge is -2.42. The predicted octanol–water partition coefficient (Wildman–Crippen LogP) is 2.10. The Bertz CT molecular complexity index is 894. The zero-order valence-corrected chi connectivity index (χ0v) is 15.6. The van der Waals surface area contributed by atoms with Gasteiger partial charge in [-0.1, -0.05) is 18.2 Å². The number of para-hydroxylation sites is 1. The van der Waals surface area contributed by atoms with E-state index in [2.05, 4.69) is 11.4 Å². The molecule has 1 aromatic rings. The van der Waals surface area contributed by atoms with E-state index in [1.807, 2.05) is 38.1 Å². The summed E-state index contributed by atoms with van der Waals surface area (Å²) in [5.74, 6) is -0.281. The maximum atomic E-state index is 13.3. The van der Waals surface area contributed by atoms with Gasteiger partial charge in [-0.25, -0.2) is 0 Å². The van der Waals surface area contributed by atoms with Crippen LogP contribution in [0.1, 0.15) is 32.3 Å². The lowest BCUT2D eigenvalue weighted by molar-refractivity contribution is -0.130. The number of rotatable bonds is 5. The maximum absolute atomic E-state index is 13.3. The summed E-state index contributed by atoms with van der Waals surface area (Å²) in [6.07, 6.45) is 1.88. The summed E-state index contributed by atoms with van der Waals surface area (Å²) < 4.78 is 0. The van der Waals surface area contributed by atoms with Gasteiger partial charge in [0, 0.05) is 29.6 Å². The van der Waals surface area contributed by atoms with E-state index in [0.717, 1.165) is 22.5 Å². The molecule has 0 bridgehead atoms. The van der Waals surface area contributed by atoms with Crippen LogP contribution in [-0.2, 0) is 10.2 Å². The minimum Gasteiger partial charge on any atom is -0.393 e. The molecule has 1 spiro atoms. The first-order chi connectivity index (χ1) is 12.9. The molecule has 2 aliphatic heterocycles. The zero-order chi connectivity index (χ0) is 19.4. The highest BCUT2D eigenvalue weighted by atomic mass is 16.3. The van der Waals surface area contributed by atoms with E-state index in [4.69, 9.17) is 5.41 Å². The summed E-state index contributed by atoms with van der Waals surface area (Å²) in [7, 11) is 0. The molecule has 2 heterocycles. The van der Waals surface area contributed by atoms with Crippen LogP contribution in [0.3, 0.4) is 0 Å². The molecular weight excluding hydrogens is 340 g/mol. The summed E-state index contributed by atoms with van der Waals surface area (Å²) in [6, 6.07) is 10.1. The van der Waals surface area contributed by atoms with Crippen LogP contribution in [0.25, 0.3) is 0 Å². The van der Waals surface area contributed by atoms with Crippen LogP contribution in [0.5, 0.6) is 0 Å². The third-order valence-electron chi connectivity index (χ3n) is 6.74. The molecule has 0 aromatic heterocycles. The molecule has 6 heteroatoms. The lowest BCUT2D eigenvalue weighted by atomic mass is 9.63. The highest BCUT2D eigenvalue weighted by Crippen LogP contribution is 2.53. The second-order valence-corrected chi connectivity index (χ2v) is 8.14. The molecule has 1 aromatic carbocycles. The van der Waals surface area contributed by atoms with E-state index in [9.17, 15) is 15.2 Å². The number of hydrogen-bond donors (Lipinski definition) is 3. The van der Waals surface area contributed by atoms with Gasteiger partial charge >= 0.3 is 0 Å². The molecule has 1 saturated carbocycles. The van der Waals surface area contributed by atoms with Crippen molar-refractivity contribution in [2.24, 2.45) is 11.3 Å². The molecule has 1 aliphatic carbocycles. The number of carbonyl (C=O) groups excluding carboxylic acids is 1. The molecule has 3 N–H and O–H groups in total. The summed E-state index contributed by atoms with van der Waals surface area (Å²) in [6.45, 7) is 4.77. The van der Waals surface area contributed by atoms with E-state index in [1.165, 1.54) is 6.21 Å². The Balaban J connectivity index is 1.69. The molecule has 0 saturated heterocycles. The number of carbonyl (C=O) groups is 1.